The highest BCUT2D eigenvalue weighted by Crippen LogP contribution is 2.32. The van der Waals surface area contributed by atoms with Crippen molar-refractivity contribution < 1.29 is 14.6 Å². The van der Waals surface area contributed by atoms with Gasteiger partial charge in [-0.15, -0.1) is 0 Å². The van der Waals surface area contributed by atoms with E-state index in [1.165, 1.54) is 7.11 Å². The molecule has 3 unspecified atom stereocenters. The summed E-state index contributed by atoms with van der Waals surface area (Å²) in [4.78, 5) is 11.9. The molecule has 4 N–H and O–H groups in total. The molecule has 3 atom stereocenters. The maximum absolute atomic E-state index is 11.9. The Morgan fingerprint density at radius 3 is 2.88 bits per heavy atom. The van der Waals surface area contributed by atoms with Crippen molar-refractivity contribution in [3.63, 3.8) is 0 Å². The van der Waals surface area contributed by atoms with Gasteiger partial charge in [-0.3, -0.25) is 4.79 Å². The lowest BCUT2D eigenvalue weighted by Gasteiger charge is -2.40. The van der Waals surface area contributed by atoms with Gasteiger partial charge in [0.2, 0.25) is 0 Å². The Kier molecular flexibility index (Phi) is 5.36. The van der Waals surface area contributed by atoms with Gasteiger partial charge in [-0.25, -0.2) is 0 Å². The zero-order valence-electron chi connectivity index (χ0n) is 10.7. The highest BCUT2D eigenvalue weighted by molar-refractivity contribution is 5.81. The average molecular weight is 244 g/mol. The second-order valence-electron chi connectivity index (χ2n) is 5.09. The molecule has 1 rings (SSSR count). The molecule has 0 spiro atoms. The van der Waals surface area contributed by atoms with Gasteiger partial charge in [-0.05, 0) is 18.8 Å². The van der Waals surface area contributed by atoms with Gasteiger partial charge in [0.1, 0.15) is 6.10 Å². The van der Waals surface area contributed by atoms with Gasteiger partial charge < -0.3 is 20.9 Å². The third kappa shape index (κ3) is 3.66. The summed E-state index contributed by atoms with van der Waals surface area (Å²) in [6, 6.07) is 0. The Labute approximate surface area is 103 Å². The van der Waals surface area contributed by atoms with E-state index in [1.54, 1.807) is 0 Å². The molecule has 5 nitrogen and oxygen atoms in total. The number of aliphatic hydroxyl groups is 1. The molecular formula is C12H24N2O3. The molecule has 1 aliphatic rings. The molecule has 5 heteroatoms. The van der Waals surface area contributed by atoms with Crippen LogP contribution in [0.4, 0.5) is 0 Å². The standard InChI is InChI=1S/C12H24N2O3/c1-9-4-3-5-12(6-9,8-15)14-11(16)10(7-13)17-2/h9-10,15H,3-8,13H2,1-2H3,(H,14,16). The first-order chi connectivity index (χ1) is 8.06. The van der Waals surface area contributed by atoms with E-state index in [1.807, 2.05) is 0 Å². The lowest BCUT2D eigenvalue weighted by atomic mass is 9.76. The van der Waals surface area contributed by atoms with Gasteiger partial charge in [-0.1, -0.05) is 19.8 Å². The Bertz CT molecular complexity index is 256. The number of carbonyl (C=O) groups excluding carboxylic acids is 1. The lowest BCUT2D eigenvalue weighted by Crippen LogP contribution is -2.57. The lowest BCUT2D eigenvalue weighted by molar-refractivity contribution is -0.134. The molecule has 0 saturated heterocycles. The Hall–Kier alpha value is -0.650. The summed E-state index contributed by atoms with van der Waals surface area (Å²) < 4.78 is 5.00. The molecule has 17 heavy (non-hydrogen) atoms. The minimum atomic E-state index is -0.629. The molecule has 1 saturated carbocycles. The van der Waals surface area contributed by atoms with Crippen molar-refractivity contribution in [3.8, 4) is 0 Å². The van der Waals surface area contributed by atoms with Crippen LogP contribution in [0.2, 0.25) is 0 Å². The van der Waals surface area contributed by atoms with Crippen LogP contribution in [0.25, 0.3) is 0 Å². The van der Waals surface area contributed by atoms with E-state index in [9.17, 15) is 9.90 Å². The first-order valence-electron chi connectivity index (χ1n) is 6.22. The second kappa shape index (κ2) is 6.33. The van der Waals surface area contributed by atoms with Crippen LogP contribution >= 0.6 is 0 Å². The Balaban J connectivity index is 2.64. The van der Waals surface area contributed by atoms with Gasteiger partial charge in [0.25, 0.3) is 5.91 Å². The van der Waals surface area contributed by atoms with E-state index in [4.69, 9.17) is 10.5 Å². The first-order valence-corrected chi connectivity index (χ1v) is 6.22. The number of rotatable bonds is 5. The molecule has 0 radical (unpaired) electrons. The van der Waals surface area contributed by atoms with Crippen molar-refractivity contribution in [2.24, 2.45) is 11.7 Å². The van der Waals surface area contributed by atoms with Crippen molar-refractivity contribution in [3.05, 3.63) is 0 Å². The van der Waals surface area contributed by atoms with Crippen LogP contribution in [-0.4, -0.2) is 42.9 Å². The van der Waals surface area contributed by atoms with Crippen molar-refractivity contribution in [1.82, 2.24) is 5.32 Å². The topological polar surface area (TPSA) is 84.6 Å². The molecule has 0 aromatic rings. The summed E-state index contributed by atoms with van der Waals surface area (Å²) in [5.41, 5.74) is 4.97. The fraction of sp³-hybridized carbons (Fsp3) is 0.917. The Morgan fingerprint density at radius 2 is 2.41 bits per heavy atom. The molecule has 1 aliphatic carbocycles. The molecule has 1 amide bonds. The summed E-state index contributed by atoms with van der Waals surface area (Å²) in [6.45, 7) is 2.27. The minimum Gasteiger partial charge on any atom is -0.394 e. The van der Waals surface area contributed by atoms with Crippen molar-refractivity contribution >= 4 is 5.91 Å². The summed E-state index contributed by atoms with van der Waals surface area (Å²) >= 11 is 0. The van der Waals surface area contributed by atoms with Crippen LogP contribution < -0.4 is 11.1 Å². The van der Waals surface area contributed by atoms with E-state index in [0.717, 1.165) is 25.7 Å². The largest absolute Gasteiger partial charge is 0.394 e. The number of nitrogens with one attached hydrogen (secondary N) is 1. The number of amides is 1. The van der Waals surface area contributed by atoms with E-state index < -0.39 is 11.6 Å². The van der Waals surface area contributed by atoms with Crippen LogP contribution in [0.15, 0.2) is 0 Å². The van der Waals surface area contributed by atoms with Crippen molar-refractivity contribution in [2.75, 3.05) is 20.3 Å². The third-order valence-corrected chi connectivity index (χ3v) is 3.57. The summed E-state index contributed by atoms with van der Waals surface area (Å²) in [6.07, 6.45) is 3.19. The van der Waals surface area contributed by atoms with E-state index >= 15 is 0 Å². The molecule has 0 heterocycles. The first kappa shape index (κ1) is 14.4. The molecule has 1 fully saturated rings. The molecule has 0 aliphatic heterocycles. The predicted octanol–water partition coefficient (Wildman–Crippen LogP) is 0.0175. The molecule has 100 valence electrons. The molecule has 0 bridgehead atoms. The van der Waals surface area contributed by atoms with Crippen LogP contribution in [0, 0.1) is 5.92 Å². The monoisotopic (exact) mass is 244 g/mol. The van der Waals surface area contributed by atoms with Gasteiger partial charge in [-0.2, -0.15) is 0 Å². The van der Waals surface area contributed by atoms with Crippen molar-refractivity contribution in [1.29, 1.82) is 0 Å². The van der Waals surface area contributed by atoms with Crippen LogP contribution in [0.5, 0.6) is 0 Å². The highest BCUT2D eigenvalue weighted by atomic mass is 16.5. The fourth-order valence-electron chi connectivity index (χ4n) is 2.61. The summed E-state index contributed by atoms with van der Waals surface area (Å²) in [7, 11) is 1.46. The number of ether oxygens (including phenoxy) is 1. The molecule has 0 aromatic heterocycles. The fourth-order valence-corrected chi connectivity index (χ4v) is 2.61. The highest BCUT2D eigenvalue weighted by Gasteiger charge is 2.37. The van der Waals surface area contributed by atoms with E-state index in [2.05, 4.69) is 12.2 Å². The normalized spacial score (nSPS) is 30.9. The number of nitrogens with two attached hydrogens (primary N) is 1. The van der Waals surface area contributed by atoms with Gasteiger partial charge in [0.15, 0.2) is 0 Å². The SMILES string of the molecule is COC(CN)C(=O)NC1(CO)CCCC(C)C1. The summed E-state index contributed by atoms with van der Waals surface area (Å²) in [5.74, 6) is 0.299. The minimum absolute atomic E-state index is 0.0237. The number of methoxy groups -OCH3 is 1. The van der Waals surface area contributed by atoms with E-state index in [0.29, 0.717) is 5.92 Å². The van der Waals surface area contributed by atoms with Gasteiger partial charge in [0.05, 0.1) is 12.1 Å². The van der Waals surface area contributed by atoms with Crippen molar-refractivity contribution in [2.45, 2.75) is 44.2 Å². The number of carbonyl (C=O) groups is 1. The third-order valence-electron chi connectivity index (χ3n) is 3.57. The summed E-state index contributed by atoms with van der Waals surface area (Å²) in [5, 5.41) is 12.5. The van der Waals surface area contributed by atoms with Crippen LogP contribution in [0.3, 0.4) is 0 Å². The van der Waals surface area contributed by atoms with Gasteiger partial charge >= 0.3 is 0 Å². The second-order valence-corrected chi connectivity index (χ2v) is 5.09. The predicted molar refractivity (Wildman–Crippen MR) is 65.4 cm³/mol. The Morgan fingerprint density at radius 1 is 1.71 bits per heavy atom. The number of hydrogen-bond acceptors (Lipinski definition) is 4. The number of aliphatic hydroxyl groups excluding tert-OH is 1. The smallest absolute Gasteiger partial charge is 0.250 e. The maximum Gasteiger partial charge on any atom is 0.250 e. The van der Waals surface area contributed by atoms with Crippen LogP contribution in [-0.2, 0) is 9.53 Å². The zero-order chi connectivity index (χ0) is 12.9. The maximum atomic E-state index is 11.9. The quantitative estimate of drug-likeness (QED) is 0.636. The molecular weight excluding hydrogens is 220 g/mol. The van der Waals surface area contributed by atoms with Crippen LogP contribution in [0.1, 0.15) is 32.6 Å². The van der Waals surface area contributed by atoms with E-state index in [-0.39, 0.29) is 19.1 Å². The average Bonchev–Trinajstić information content (AvgIpc) is 2.30. The zero-order valence-corrected chi connectivity index (χ0v) is 10.7. The number of hydrogen-bond donors (Lipinski definition) is 3. The van der Waals surface area contributed by atoms with Gasteiger partial charge in [0, 0.05) is 13.7 Å². The molecule has 0 aromatic carbocycles.